The summed E-state index contributed by atoms with van der Waals surface area (Å²) in [6.07, 6.45) is 4.34. The molecule has 2 heterocycles. The molecule has 3 rings (SSSR count). The van der Waals surface area contributed by atoms with Crippen LogP contribution in [0.1, 0.15) is 43.4 Å². The van der Waals surface area contributed by atoms with Crippen LogP contribution in [0.4, 0.5) is 5.82 Å². The van der Waals surface area contributed by atoms with Crippen LogP contribution in [0.3, 0.4) is 0 Å². The Morgan fingerprint density at radius 3 is 2.76 bits per heavy atom. The zero-order valence-electron chi connectivity index (χ0n) is 14.7. The molecular weight excluding hydrogens is 316 g/mol. The van der Waals surface area contributed by atoms with E-state index in [0.717, 1.165) is 24.0 Å². The largest absolute Gasteiger partial charge is 0.333 e. The fourth-order valence-corrected chi connectivity index (χ4v) is 3.06. The summed E-state index contributed by atoms with van der Waals surface area (Å²) in [6, 6.07) is 10.2. The Morgan fingerprint density at radius 2 is 2.04 bits per heavy atom. The average molecular weight is 340 g/mol. The molecule has 132 valence electrons. The zero-order valence-corrected chi connectivity index (χ0v) is 14.7. The molecule has 1 aliphatic rings. The molecule has 0 saturated carbocycles. The Balaban J connectivity index is 1.66. The summed E-state index contributed by atoms with van der Waals surface area (Å²) in [4.78, 5) is 25.7. The van der Waals surface area contributed by atoms with E-state index in [0.29, 0.717) is 18.8 Å². The lowest BCUT2D eigenvalue weighted by Crippen LogP contribution is -2.40. The smallest absolute Gasteiger partial charge is 0.245 e. The summed E-state index contributed by atoms with van der Waals surface area (Å²) in [6.45, 7) is 4.74. The molecule has 1 aliphatic heterocycles. The van der Waals surface area contributed by atoms with Crippen molar-refractivity contribution >= 4 is 17.6 Å². The SMILES string of the molecule is Cc1cn(C(C)c2ccccc2)nc1NC(=O)CN1CCCCC1=O. The first kappa shape index (κ1) is 17.2. The van der Waals surface area contributed by atoms with E-state index in [1.165, 1.54) is 0 Å². The maximum Gasteiger partial charge on any atom is 0.245 e. The van der Waals surface area contributed by atoms with Crippen molar-refractivity contribution in [1.82, 2.24) is 14.7 Å². The number of carbonyl (C=O) groups excluding carboxylic acids is 2. The molecule has 6 heteroatoms. The molecule has 1 N–H and O–H groups in total. The van der Waals surface area contributed by atoms with Gasteiger partial charge in [-0.15, -0.1) is 0 Å². The van der Waals surface area contributed by atoms with Gasteiger partial charge in [0.1, 0.15) is 0 Å². The van der Waals surface area contributed by atoms with Gasteiger partial charge in [0.25, 0.3) is 0 Å². The van der Waals surface area contributed by atoms with E-state index in [-0.39, 0.29) is 24.4 Å². The van der Waals surface area contributed by atoms with E-state index < -0.39 is 0 Å². The summed E-state index contributed by atoms with van der Waals surface area (Å²) in [5, 5.41) is 7.36. The van der Waals surface area contributed by atoms with Crippen molar-refractivity contribution in [1.29, 1.82) is 0 Å². The van der Waals surface area contributed by atoms with Crippen LogP contribution in [0.15, 0.2) is 36.5 Å². The first-order chi connectivity index (χ1) is 12.0. The van der Waals surface area contributed by atoms with E-state index in [1.807, 2.05) is 36.0 Å². The predicted octanol–water partition coefficient (Wildman–Crippen LogP) is 2.75. The van der Waals surface area contributed by atoms with Gasteiger partial charge in [0.05, 0.1) is 12.6 Å². The first-order valence-electron chi connectivity index (χ1n) is 8.73. The molecule has 0 aliphatic carbocycles. The third-order valence-electron chi connectivity index (χ3n) is 4.61. The minimum atomic E-state index is -0.198. The second-order valence-electron chi connectivity index (χ2n) is 6.55. The summed E-state index contributed by atoms with van der Waals surface area (Å²) in [5.74, 6) is 0.412. The summed E-state index contributed by atoms with van der Waals surface area (Å²) in [7, 11) is 0. The lowest BCUT2D eigenvalue weighted by molar-refractivity contribution is -0.136. The van der Waals surface area contributed by atoms with Gasteiger partial charge in [-0.3, -0.25) is 14.3 Å². The number of rotatable bonds is 5. The number of hydrogen-bond donors (Lipinski definition) is 1. The first-order valence-corrected chi connectivity index (χ1v) is 8.73. The Hall–Kier alpha value is -2.63. The standard InChI is InChI=1S/C19H24N4O2/c1-14-12-23(15(2)16-8-4-3-5-9-16)21-19(14)20-17(24)13-22-11-7-6-10-18(22)25/h3-5,8-9,12,15H,6-7,10-11,13H2,1-2H3,(H,20,21,24). The number of carbonyl (C=O) groups is 2. The number of nitrogens with one attached hydrogen (secondary N) is 1. The lowest BCUT2D eigenvalue weighted by Gasteiger charge is -2.25. The van der Waals surface area contributed by atoms with E-state index in [4.69, 9.17) is 0 Å². The number of piperidine rings is 1. The van der Waals surface area contributed by atoms with Gasteiger partial charge < -0.3 is 10.2 Å². The number of anilines is 1. The third kappa shape index (κ3) is 4.07. The topological polar surface area (TPSA) is 67.2 Å². The quantitative estimate of drug-likeness (QED) is 0.910. The maximum absolute atomic E-state index is 12.3. The molecule has 1 atom stereocenters. The molecule has 0 spiro atoms. The average Bonchev–Trinajstić information content (AvgIpc) is 2.97. The molecule has 6 nitrogen and oxygen atoms in total. The number of hydrogen-bond acceptors (Lipinski definition) is 3. The minimum absolute atomic E-state index is 0.0568. The minimum Gasteiger partial charge on any atom is -0.333 e. The number of likely N-dealkylation sites (tertiary alicyclic amines) is 1. The monoisotopic (exact) mass is 340 g/mol. The Bertz CT molecular complexity index is 754. The highest BCUT2D eigenvalue weighted by Crippen LogP contribution is 2.21. The number of aryl methyl sites for hydroxylation is 1. The molecule has 25 heavy (non-hydrogen) atoms. The molecule has 2 amide bonds. The summed E-state index contributed by atoms with van der Waals surface area (Å²) >= 11 is 0. The second kappa shape index (κ2) is 7.51. The molecule has 1 saturated heterocycles. The number of nitrogens with zero attached hydrogens (tertiary/aromatic N) is 3. The van der Waals surface area contributed by atoms with Crippen LogP contribution in [0.2, 0.25) is 0 Å². The highest BCUT2D eigenvalue weighted by atomic mass is 16.2. The molecule has 0 bridgehead atoms. The predicted molar refractivity (Wildman–Crippen MR) is 96.3 cm³/mol. The van der Waals surface area contributed by atoms with Crippen LogP contribution in [-0.4, -0.2) is 39.6 Å². The fourth-order valence-electron chi connectivity index (χ4n) is 3.06. The third-order valence-corrected chi connectivity index (χ3v) is 4.61. The van der Waals surface area contributed by atoms with Crippen molar-refractivity contribution in [3.8, 4) is 0 Å². The van der Waals surface area contributed by atoms with Gasteiger partial charge in [0.15, 0.2) is 5.82 Å². The molecular formula is C19H24N4O2. The van der Waals surface area contributed by atoms with Gasteiger partial charge in [0, 0.05) is 24.7 Å². The highest BCUT2D eigenvalue weighted by Gasteiger charge is 2.21. The van der Waals surface area contributed by atoms with E-state index in [1.54, 1.807) is 4.90 Å². The van der Waals surface area contributed by atoms with Crippen molar-refractivity contribution < 1.29 is 9.59 Å². The normalized spacial score (nSPS) is 15.9. The van der Waals surface area contributed by atoms with Crippen molar-refractivity contribution in [3.05, 3.63) is 47.7 Å². The fraction of sp³-hybridized carbons (Fsp3) is 0.421. The number of aromatic nitrogens is 2. The molecule has 1 aromatic heterocycles. The Kier molecular flexibility index (Phi) is 5.16. The molecule has 1 aromatic carbocycles. The van der Waals surface area contributed by atoms with Crippen molar-refractivity contribution in [2.75, 3.05) is 18.4 Å². The molecule has 1 fully saturated rings. The van der Waals surface area contributed by atoms with E-state index in [2.05, 4.69) is 29.5 Å². The number of benzene rings is 1. The van der Waals surface area contributed by atoms with Crippen LogP contribution in [-0.2, 0) is 9.59 Å². The van der Waals surface area contributed by atoms with Crippen molar-refractivity contribution in [3.63, 3.8) is 0 Å². The van der Waals surface area contributed by atoms with E-state index >= 15 is 0 Å². The van der Waals surface area contributed by atoms with Crippen molar-refractivity contribution in [2.45, 2.75) is 39.2 Å². The van der Waals surface area contributed by atoms with Gasteiger partial charge in [-0.2, -0.15) is 5.10 Å². The van der Waals surface area contributed by atoms with Gasteiger partial charge in [-0.25, -0.2) is 0 Å². The Morgan fingerprint density at radius 1 is 1.28 bits per heavy atom. The van der Waals surface area contributed by atoms with Crippen LogP contribution in [0.5, 0.6) is 0 Å². The van der Waals surface area contributed by atoms with Crippen LogP contribution < -0.4 is 5.32 Å². The van der Waals surface area contributed by atoms with Gasteiger partial charge in [-0.05, 0) is 32.3 Å². The summed E-state index contributed by atoms with van der Waals surface area (Å²) < 4.78 is 1.85. The van der Waals surface area contributed by atoms with Crippen molar-refractivity contribution in [2.24, 2.45) is 0 Å². The number of amides is 2. The molecule has 0 radical (unpaired) electrons. The zero-order chi connectivity index (χ0) is 17.8. The van der Waals surface area contributed by atoms with E-state index in [9.17, 15) is 9.59 Å². The molecule has 1 unspecified atom stereocenters. The molecule has 2 aromatic rings. The second-order valence-corrected chi connectivity index (χ2v) is 6.55. The lowest BCUT2D eigenvalue weighted by atomic mass is 10.1. The Labute approximate surface area is 147 Å². The van der Waals surface area contributed by atoms with Gasteiger partial charge in [0.2, 0.25) is 11.8 Å². The van der Waals surface area contributed by atoms with Crippen LogP contribution in [0, 0.1) is 6.92 Å². The van der Waals surface area contributed by atoms with Gasteiger partial charge in [-0.1, -0.05) is 30.3 Å². The van der Waals surface area contributed by atoms with Gasteiger partial charge >= 0.3 is 0 Å². The highest BCUT2D eigenvalue weighted by molar-refractivity contribution is 5.94. The summed E-state index contributed by atoms with van der Waals surface area (Å²) in [5.41, 5.74) is 2.06. The van der Waals surface area contributed by atoms with Crippen LogP contribution in [0.25, 0.3) is 0 Å². The van der Waals surface area contributed by atoms with Crippen LogP contribution >= 0.6 is 0 Å². The maximum atomic E-state index is 12.3.